The molecule has 0 radical (unpaired) electrons. The summed E-state index contributed by atoms with van der Waals surface area (Å²) in [5.74, 6) is -0.116. The van der Waals surface area contributed by atoms with Gasteiger partial charge < -0.3 is 10.1 Å². The van der Waals surface area contributed by atoms with Crippen molar-refractivity contribution in [1.82, 2.24) is 10.3 Å². The number of carbonyl (C=O) groups is 1. The summed E-state index contributed by atoms with van der Waals surface area (Å²) in [6.45, 7) is 4.83. The zero-order valence-electron chi connectivity index (χ0n) is 12.0. The number of amides is 1. The van der Waals surface area contributed by atoms with Crippen molar-refractivity contribution in [3.8, 4) is 0 Å². The smallest absolute Gasteiger partial charge is 0.251 e. The van der Waals surface area contributed by atoms with Gasteiger partial charge in [-0.2, -0.15) is 0 Å². The average molecular weight is 297 g/mol. The summed E-state index contributed by atoms with van der Waals surface area (Å²) in [5, 5.41) is 3.35. The predicted octanol–water partition coefficient (Wildman–Crippen LogP) is 2.98. The van der Waals surface area contributed by atoms with Crippen LogP contribution >= 0.6 is 11.6 Å². The molecule has 1 aliphatic rings. The van der Waals surface area contributed by atoms with Crippen LogP contribution in [0.4, 0.5) is 0 Å². The van der Waals surface area contributed by atoms with Gasteiger partial charge in [0.05, 0.1) is 12.1 Å². The number of carbonyl (C=O) groups excluding carboxylic acids is 1. The first kappa shape index (κ1) is 15.3. The molecule has 0 aromatic carbocycles. The van der Waals surface area contributed by atoms with Crippen LogP contribution in [0.2, 0.25) is 5.15 Å². The zero-order valence-corrected chi connectivity index (χ0v) is 12.7. The fourth-order valence-electron chi connectivity index (χ4n) is 2.45. The second-order valence-corrected chi connectivity index (χ2v) is 5.62. The van der Waals surface area contributed by atoms with Crippen LogP contribution in [-0.4, -0.2) is 29.6 Å². The molecule has 1 aromatic heterocycles. The minimum atomic E-state index is -0.116. The first-order valence-electron chi connectivity index (χ1n) is 7.19. The molecule has 1 amide bonds. The summed E-state index contributed by atoms with van der Waals surface area (Å²) < 4.78 is 5.58. The number of halogens is 1. The molecule has 4 nitrogen and oxygen atoms in total. The first-order valence-corrected chi connectivity index (χ1v) is 7.57. The summed E-state index contributed by atoms with van der Waals surface area (Å²) in [4.78, 5) is 16.5. The molecule has 0 aliphatic carbocycles. The summed E-state index contributed by atoms with van der Waals surface area (Å²) in [6, 6.07) is 3.43. The van der Waals surface area contributed by atoms with E-state index in [1.54, 1.807) is 6.07 Å². The van der Waals surface area contributed by atoms with Crippen molar-refractivity contribution in [1.29, 1.82) is 0 Å². The molecule has 1 aromatic rings. The molecule has 0 bridgehead atoms. The number of rotatable bonds is 5. The monoisotopic (exact) mass is 296 g/mol. The SMILES string of the molecule is CCCc1cc(C(=O)NC(C)C2CCCO2)cc(Cl)n1. The van der Waals surface area contributed by atoms with Gasteiger partial charge in [-0.15, -0.1) is 0 Å². The van der Waals surface area contributed by atoms with Gasteiger partial charge in [-0.25, -0.2) is 4.98 Å². The van der Waals surface area contributed by atoms with Crippen molar-refractivity contribution in [3.05, 3.63) is 28.5 Å². The lowest BCUT2D eigenvalue weighted by molar-refractivity contribution is 0.0712. The van der Waals surface area contributed by atoms with Gasteiger partial charge in [0.2, 0.25) is 0 Å². The van der Waals surface area contributed by atoms with Crippen LogP contribution in [0.3, 0.4) is 0 Å². The summed E-state index contributed by atoms with van der Waals surface area (Å²) >= 11 is 5.98. The van der Waals surface area contributed by atoms with E-state index in [1.807, 2.05) is 13.0 Å². The fraction of sp³-hybridized carbons (Fsp3) is 0.600. The Balaban J connectivity index is 2.04. The second kappa shape index (κ2) is 7.04. The number of nitrogens with one attached hydrogen (secondary N) is 1. The topological polar surface area (TPSA) is 51.2 Å². The molecule has 2 heterocycles. The minimum absolute atomic E-state index is 0.00608. The van der Waals surface area contributed by atoms with Gasteiger partial charge in [-0.1, -0.05) is 24.9 Å². The molecule has 0 spiro atoms. The molecule has 2 rings (SSSR count). The van der Waals surface area contributed by atoms with Gasteiger partial charge in [0.25, 0.3) is 5.91 Å². The lowest BCUT2D eigenvalue weighted by atomic mass is 10.1. The largest absolute Gasteiger partial charge is 0.376 e. The molecule has 2 atom stereocenters. The van der Waals surface area contributed by atoms with E-state index < -0.39 is 0 Å². The maximum Gasteiger partial charge on any atom is 0.251 e. The third-order valence-corrected chi connectivity index (χ3v) is 3.69. The van der Waals surface area contributed by atoms with Crippen LogP contribution in [0.15, 0.2) is 12.1 Å². The highest BCUT2D eigenvalue weighted by Crippen LogP contribution is 2.17. The van der Waals surface area contributed by atoms with Crippen molar-refractivity contribution < 1.29 is 9.53 Å². The quantitative estimate of drug-likeness (QED) is 0.850. The maximum absolute atomic E-state index is 12.3. The van der Waals surface area contributed by atoms with Crippen molar-refractivity contribution in [3.63, 3.8) is 0 Å². The molecule has 20 heavy (non-hydrogen) atoms. The Morgan fingerprint density at radius 1 is 1.60 bits per heavy atom. The summed E-state index contributed by atoms with van der Waals surface area (Å²) in [7, 11) is 0. The Bertz CT molecular complexity index is 473. The van der Waals surface area contributed by atoms with Crippen LogP contribution in [0, 0.1) is 0 Å². The molecule has 1 N–H and O–H groups in total. The third kappa shape index (κ3) is 3.93. The number of ether oxygens (including phenoxy) is 1. The third-order valence-electron chi connectivity index (χ3n) is 3.50. The number of aromatic nitrogens is 1. The Morgan fingerprint density at radius 3 is 3.05 bits per heavy atom. The minimum Gasteiger partial charge on any atom is -0.376 e. The van der Waals surface area contributed by atoms with Crippen LogP contribution in [0.5, 0.6) is 0 Å². The molecule has 1 aliphatic heterocycles. The summed E-state index contributed by atoms with van der Waals surface area (Å²) in [6.07, 6.45) is 3.97. The number of pyridine rings is 1. The standard InChI is InChI=1S/C15H21ClN2O2/c1-3-5-12-8-11(9-14(16)18-12)15(19)17-10(2)13-6-4-7-20-13/h8-10,13H,3-7H2,1-2H3,(H,17,19). The Hall–Kier alpha value is -1.13. The van der Waals surface area contributed by atoms with Crippen molar-refractivity contribution >= 4 is 17.5 Å². The molecule has 1 saturated heterocycles. The number of nitrogens with zero attached hydrogens (tertiary/aromatic N) is 1. The molecule has 0 saturated carbocycles. The number of hydrogen-bond acceptors (Lipinski definition) is 3. The van der Waals surface area contributed by atoms with Crippen molar-refractivity contribution in [2.24, 2.45) is 0 Å². The van der Waals surface area contributed by atoms with Gasteiger partial charge in [-0.3, -0.25) is 4.79 Å². The van der Waals surface area contributed by atoms with Crippen LogP contribution in [-0.2, 0) is 11.2 Å². The van der Waals surface area contributed by atoms with Crippen LogP contribution < -0.4 is 5.32 Å². The molecule has 5 heteroatoms. The molecule has 1 fully saturated rings. The lowest BCUT2D eigenvalue weighted by Gasteiger charge is -2.20. The van der Waals surface area contributed by atoms with E-state index in [2.05, 4.69) is 17.2 Å². The normalized spacial score (nSPS) is 19.9. The molecule has 110 valence electrons. The van der Waals surface area contributed by atoms with E-state index in [0.717, 1.165) is 38.0 Å². The van der Waals surface area contributed by atoms with Crippen LogP contribution in [0.25, 0.3) is 0 Å². The summed E-state index contributed by atoms with van der Waals surface area (Å²) in [5.41, 5.74) is 1.42. The molecular formula is C15H21ClN2O2. The maximum atomic E-state index is 12.3. The van der Waals surface area contributed by atoms with Gasteiger partial charge in [-0.05, 0) is 38.3 Å². The van der Waals surface area contributed by atoms with Gasteiger partial charge in [0, 0.05) is 17.9 Å². The Morgan fingerprint density at radius 2 is 2.40 bits per heavy atom. The van der Waals surface area contributed by atoms with E-state index in [0.29, 0.717) is 10.7 Å². The average Bonchev–Trinajstić information content (AvgIpc) is 2.92. The van der Waals surface area contributed by atoms with Crippen molar-refractivity contribution in [2.45, 2.75) is 51.7 Å². The zero-order chi connectivity index (χ0) is 14.5. The highest BCUT2D eigenvalue weighted by atomic mass is 35.5. The van der Waals surface area contributed by atoms with E-state index in [-0.39, 0.29) is 18.1 Å². The van der Waals surface area contributed by atoms with Crippen molar-refractivity contribution in [2.75, 3.05) is 6.61 Å². The molecular weight excluding hydrogens is 276 g/mol. The predicted molar refractivity (Wildman–Crippen MR) is 79.1 cm³/mol. The fourth-order valence-corrected chi connectivity index (χ4v) is 2.67. The Kier molecular flexibility index (Phi) is 5.38. The second-order valence-electron chi connectivity index (χ2n) is 5.23. The number of hydrogen-bond donors (Lipinski definition) is 1. The Labute approximate surface area is 124 Å². The number of aryl methyl sites for hydroxylation is 1. The first-order chi connectivity index (χ1) is 9.60. The van der Waals surface area contributed by atoms with E-state index in [9.17, 15) is 4.79 Å². The highest BCUT2D eigenvalue weighted by Gasteiger charge is 2.24. The van der Waals surface area contributed by atoms with E-state index >= 15 is 0 Å². The lowest BCUT2D eigenvalue weighted by Crippen LogP contribution is -2.40. The van der Waals surface area contributed by atoms with Crippen LogP contribution in [0.1, 0.15) is 49.2 Å². The molecule has 2 unspecified atom stereocenters. The van der Waals surface area contributed by atoms with Gasteiger partial charge in [0.15, 0.2) is 0 Å². The van der Waals surface area contributed by atoms with E-state index in [1.165, 1.54) is 0 Å². The van der Waals surface area contributed by atoms with E-state index in [4.69, 9.17) is 16.3 Å². The van der Waals surface area contributed by atoms with Gasteiger partial charge in [0.1, 0.15) is 5.15 Å². The van der Waals surface area contributed by atoms with Gasteiger partial charge >= 0.3 is 0 Å². The highest BCUT2D eigenvalue weighted by molar-refractivity contribution is 6.29.